The third-order valence-corrected chi connectivity index (χ3v) is 4.07. The number of pyridine rings is 1. The topological polar surface area (TPSA) is 63.1 Å². The number of aromatic nitrogens is 3. The minimum atomic E-state index is 0.0761. The summed E-state index contributed by atoms with van der Waals surface area (Å²) in [5.74, 6) is 0.0761. The molecule has 2 aromatic rings. The molecule has 0 spiro atoms. The number of rotatable bonds is 2. The lowest BCUT2D eigenvalue weighted by molar-refractivity contribution is 0.0711. The van der Waals surface area contributed by atoms with Gasteiger partial charge in [-0.1, -0.05) is 0 Å². The van der Waals surface area contributed by atoms with Crippen molar-refractivity contribution < 1.29 is 4.79 Å². The molecule has 22 heavy (non-hydrogen) atoms. The molecule has 1 aliphatic heterocycles. The number of hydrogen-bond acceptors (Lipinski definition) is 4. The third kappa shape index (κ3) is 2.59. The first-order valence-corrected chi connectivity index (χ1v) is 7.85. The summed E-state index contributed by atoms with van der Waals surface area (Å²) >= 11 is 0. The van der Waals surface area contributed by atoms with E-state index >= 15 is 0 Å². The number of piperazine rings is 1. The van der Waals surface area contributed by atoms with Crippen LogP contribution in [0.25, 0.3) is 11.0 Å². The number of amides is 1. The molecule has 1 saturated heterocycles. The minimum Gasteiger partial charge on any atom is -0.336 e. The molecule has 0 aliphatic carbocycles. The number of aryl methyl sites for hydroxylation is 1. The van der Waals surface area contributed by atoms with Crippen molar-refractivity contribution in [2.45, 2.75) is 39.8 Å². The Balaban J connectivity index is 2.04. The van der Waals surface area contributed by atoms with E-state index in [1.54, 1.807) is 6.20 Å². The second-order valence-corrected chi connectivity index (χ2v) is 6.34. The molecule has 3 heterocycles. The zero-order valence-electron chi connectivity index (χ0n) is 13.6. The summed E-state index contributed by atoms with van der Waals surface area (Å²) in [6.07, 6.45) is 1.76. The smallest absolute Gasteiger partial charge is 0.254 e. The Labute approximate surface area is 130 Å². The van der Waals surface area contributed by atoms with Crippen molar-refractivity contribution in [2.24, 2.45) is 0 Å². The molecule has 1 unspecified atom stereocenters. The summed E-state index contributed by atoms with van der Waals surface area (Å²) in [5, 5.41) is 8.62. The van der Waals surface area contributed by atoms with Crippen molar-refractivity contribution in [1.82, 2.24) is 25.0 Å². The first-order valence-electron chi connectivity index (χ1n) is 7.85. The van der Waals surface area contributed by atoms with Gasteiger partial charge in [-0.15, -0.1) is 0 Å². The summed E-state index contributed by atoms with van der Waals surface area (Å²) in [6, 6.07) is 2.42. The Kier molecular flexibility index (Phi) is 3.87. The van der Waals surface area contributed by atoms with Gasteiger partial charge in [0.1, 0.15) is 0 Å². The van der Waals surface area contributed by atoms with Gasteiger partial charge in [-0.25, -0.2) is 9.67 Å². The molecule has 0 radical (unpaired) electrons. The standard InChI is InChI=1S/C16H23N5O/c1-10(2)21-15-14(8-18-21)13(7-11(3)19-15)16(22)20-6-5-17-12(4)9-20/h7-8,10,12,17H,5-6,9H2,1-4H3. The number of nitrogens with one attached hydrogen (secondary N) is 1. The monoisotopic (exact) mass is 301 g/mol. The van der Waals surface area contributed by atoms with E-state index in [2.05, 4.69) is 36.2 Å². The van der Waals surface area contributed by atoms with Crippen LogP contribution < -0.4 is 5.32 Å². The van der Waals surface area contributed by atoms with Gasteiger partial charge < -0.3 is 10.2 Å². The molecule has 0 saturated carbocycles. The summed E-state index contributed by atoms with van der Waals surface area (Å²) in [7, 11) is 0. The van der Waals surface area contributed by atoms with Crippen molar-refractivity contribution in [3.63, 3.8) is 0 Å². The van der Waals surface area contributed by atoms with Crippen LogP contribution in [0.3, 0.4) is 0 Å². The van der Waals surface area contributed by atoms with E-state index < -0.39 is 0 Å². The van der Waals surface area contributed by atoms with E-state index in [0.29, 0.717) is 11.6 Å². The van der Waals surface area contributed by atoms with Gasteiger partial charge in [0.05, 0.1) is 17.1 Å². The lowest BCUT2D eigenvalue weighted by Gasteiger charge is -2.32. The lowest BCUT2D eigenvalue weighted by Crippen LogP contribution is -2.51. The molecule has 1 aliphatic rings. The van der Waals surface area contributed by atoms with Crippen LogP contribution in [-0.2, 0) is 0 Å². The fraction of sp³-hybridized carbons (Fsp3) is 0.562. The molecule has 0 bridgehead atoms. The first-order chi connectivity index (χ1) is 10.5. The Hall–Kier alpha value is -1.95. The van der Waals surface area contributed by atoms with Crippen LogP contribution in [0.1, 0.15) is 42.9 Å². The van der Waals surface area contributed by atoms with E-state index in [1.165, 1.54) is 0 Å². The first kappa shape index (κ1) is 15.0. The van der Waals surface area contributed by atoms with Crippen molar-refractivity contribution in [3.8, 4) is 0 Å². The maximum absolute atomic E-state index is 12.9. The molecule has 1 fully saturated rings. The molecule has 3 rings (SSSR count). The van der Waals surface area contributed by atoms with E-state index in [1.807, 2.05) is 22.6 Å². The maximum atomic E-state index is 12.9. The van der Waals surface area contributed by atoms with E-state index in [-0.39, 0.29) is 11.9 Å². The summed E-state index contributed by atoms with van der Waals surface area (Å²) in [5.41, 5.74) is 2.35. The van der Waals surface area contributed by atoms with Gasteiger partial charge in [0, 0.05) is 37.4 Å². The Bertz CT molecular complexity index is 706. The Morgan fingerprint density at radius 1 is 1.45 bits per heavy atom. The highest BCUT2D eigenvalue weighted by molar-refractivity contribution is 6.05. The number of nitrogens with zero attached hydrogens (tertiary/aromatic N) is 4. The van der Waals surface area contributed by atoms with E-state index in [9.17, 15) is 4.79 Å². The van der Waals surface area contributed by atoms with E-state index in [0.717, 1.165) is 36.4 Å². The van der Waals surface area contributed by atoms with Gasteiger partial charge in [-0.05, 0) is 33.8 Å². The Morgan fingerprint density at radius 3 is 2.91 bits per heavy atom. The highest BCUT2D eigenvalue weighted by Crippen LogP contribution is 2.22. The van der Waals surface area contributed by atoms with Crippen LogP contribution in [0.2, 0.25) is 0 Å². The number of fused-ring (bicyclic) bond motifs is 1. The zero-order valence-corrected chi connectivity index (χ0v) is 13.6. The summed E-state index contributed by atoms with van der Waals surface area (Å²) in [4.78, 5) is 19.4. The predicted molar refractivity (Wildman–Crippen MR) is 86.0 cm³/mol. The molecule has 6 heteroatoms. The molecule has 1 atom stereocenters. The number of carbonyl (C=O) groups excluding carboxylic acids is 1. The molecule has 1 N–H and O–H groups in total. The normalized spacial score (nSPS) is 19.1. The van der Waals surface area contributed by atoms with Gasteiger partial charge in [0.2, 0.25) is 0 Å². The second-order valence-electron chi connectivity index (χ2n) is 6.34. The molecule has 1 amide bonds. The molecule has 6 nitrogen and oxygen atoms in total. The third-order valence-electron chi connectivity index (χ3n) is 4.07. The second kappa shape index (κ2) is 5.68. The van der Waals surface area contributed by atoms with Gasteiger partial charge in [-0.2, -0.15) is 5.10 Å². The van der Waals surface area contributed by atoms with Crippen molar-refractivity contribution >= 4 is 16.9 Å². The highest BCUT2D eigenvalue weighted by atomic mass is 16.2. The van der Waals surface area contributed by atoms with Crippen molar-refractivity contribution in [1.29, 1.82) is 0 Å². The van der Waals surface area contributed by atoms with Gasteiger partial charge in [0.25, 0.3) is 5.91 Å². The number of hydrogen-bond donors (Lipinski definition) is 1. The fourth-order valence-corrected chi connectivity index (χ4v) is 2.99. The average molecular weight is 301 g/mol. The molecule has 0 aromatic carbocycles. The van der Waals surface area contributed by atoms with Crippen molar-refractivity contribution in [3.05, 3.63) is 23.5 Å². The zero-order chi connectivity index (χ0) is 15.9. The van der Waals surface area contributed by atoms with Gasteiger partial charge in [0.15, 0.2) is 5.65 Å². The fourth-order valence-electron chi connectivity index (χ4n) is 2.99. The highest BCUT2D eigenvalue weighted by Gasteiger charge is 2.24. The summed E-state index contributed by atoms with van der Waals surface area (Å²) in [6.45, 7) is 10.5. The quantitative estimate of drug-likeness (QED) is 0.918. The van der Waals surface area contributed by atoms with Crippen LogP contribution in [0, 0.1) is 6.92 Å². The van der Waals surface area contributed by atoms with Crippen molar-refractivity contribution in [2.75, 3.05) is 19.6 Å². The van der Waals surface area contributed by atoms with Gasteiger partial charge in [-0.3, -0.25) is 4.79 Å². The molecular formula is C16H23N5O. The van der Waals surface area contributed by atoms with Gasteiger partial charge >= 0.3 is 0 Å². The maximum Gasteiger partial charge on any atom is 0.254 e. The van der Waals surface area contributed by atoms with Crippen LogP contribution in [0.4, 0.5) is 0 Å². The SMILES string of the molecule is Cc1cc(C(=O)N2CCNC(C)C2)c2cnn(C(C)C)c2n1. The van der Waals surface area contributed by atoms with Crippen LogP contribution >= 0.6 is 0 Å². The van der Waals surface area contributed by atoms with E-state index in [4.69, 9.17) is 0 Å². The number of carbonyl (C=O) groups is 1. The summed E-state index contributed by atoms with van der Waals surface area (Å²) < 4.78 is 1.87. The van der Waals surface area contributed by atoms with Crippen LogP contribution in [0.5, 0.6) is 0 Å². The minimum absolute atomic E-state index is 0.0761. The largest absolute Gasteiger partial charge is 0.336 e. The molecule has 2 aromatic heterocycles. The Morgan fingerprint density at radius 2 is 2.23 bits per heavy atom. The molecule has 118 valence electrons. The predicted octanol–water partition coefficient (Wildman–Crippen LogP) is 1.75. The average Bonchev–Trinajstić information content (AvgIpc) is 2.89. The lowest BCUT2D eigenvalue weighted by atomic mass is 10.1. The van der Waals surface area contributed by atoms with Crippen LogP contribution in [0.15, 0.2) is 12.3 Å². The van der Waals surface area contributed by atoms with Crippen LogP contribution in [-0.4, -0.2) is 51.2 Å². The molecular weight excluding hydrogens is 278 g/mol.